The average Bonchev–Trinajstić information content (AvgIpc) is 2.83. The highest BCUT2D eigenvalue weighted by molar-refractivity contribution is 5.72. The number of carbonyl (C=O) groups excluding carboxylic acids is 1. The van der Waals surface area contributed by atoms with Gasteiger partial charge in [0.2, 0.25) is 0 Å². The molecule has 0 heterocycles. The van der Waals surface area contributed by atoms with Crippen LogP contribution in [0.3, 0.4) is 0 Å². The van der Waals surface area contributed by atoms with Crippen LogP contribution in [0.25, 0.3) is 0 Å². The van der Waals surface area contributed by atoms with Crippen molar-refractivity contribution in [3.63, 3.8) is 0 Å². The third-order valence-corrected chi connectivity index (χ3v) is 4.04. The van der Waals surface area contributed by atoms with Gasteiger partial charge in [0.1, 0.15) is 5.75 Å². The highest BCUT2D eigenvalue weighted by atomic mass is 16.5. The topological polar surface area (TPSA) is 47.6 Å². The number of benzene rings is 1. The van der Waals surface area contributed by atoms with Crippen molar-refractivity contribution in [2.45, 2.75) is 38.1 Å². The first-order valence-corrected chi connectivity index (χ1v) is 7.14. The molecule has 0 saturated heterocycles. The van der Waals surface area contributed by atoms with E-state index >= 15 is 0 Å². The van der Waals surface area contributed by atoms with Crippen LogP contribution in [-0.2, 0) is 21.5 Å². The number of ether oxygens (including phenoxy) is 2. The molecular formula is C16H23NO3. The Hall–Kier alpha value is -1.55. The molecule has 1 aromatic carbocycles. The lowest BCUT2D eigenvalue weighted by molar-refractivity contribution is -0.142. The normalized spacial score (nSPS) is 20.6. The molecular weight excluding hydrogens is 254 g/mol. The van der Waals surface area contributed by atoms with E-state index in [2.05, 4.69) is 18.3 Å². The second-order valence-corrected chi connectivity index (χ2v) is 5.28. The molecule has 1 unspecified atom stereocenters. The lowest BCUT2D eigenvalue weighted by Gasteiger charge is -2.31. The predicted octanol–water partition coefficient (Wildman–Crippen LogP) is 2.40. The van der Waals surface area contributed by atoms with Crippen molar-refractivity contribution in [1.82, 2.24) is 5.32 Å². The molecule has 0 amide bonds. The Balaban J connectivity index is 2.36. The van der Waals surface area contributed by atoms with Gasteiger partial charge in [-0.15, -0.1) is 0 Å². The third-order valence-electron chi connectivity index (χ3n) is 4.04. The van der Waals surface area contributed by atoms with Crippen LogP contribution in [0.2, 0.25) is 0 Å². The molecule has 1 aromatic rings. The molecule has 0 saturated carbocycles. The second-order valence-electron chi connectivity index (χ2n) is 5.28. The quantitative estimate of drug-likeness (QED) is 0.811. The summed E-state index contributed by atoms with van der Waals surface area (Å²) in [5, 5.41) is 3.56. The molecule has 110 valence electrons. The number of esters is 1. The number of carbonyl (C=O) groups is 1. The lowest BCUT2D eigenvalue weighted by Crippen LogP contribution is -2.43. The minimum atomic E-state index is -0.313. The van der Waals surface area contributed by atoms with Crippen molar-refractivity contribution in [2.75, 3.05) is 20.8 Å². The molecule has 0 aromatic heterocycles. The van der Waals surface area contributed by atoms with Crippen molar-refractivity contribution in [2.24, 2.45) is 0 Å². The summed E-state index contributed by atoms with van der Waals surface area (Å²) in [4.78, 5) is 11.8. The van der Waals surface area contributed by atoms with Crippen molar-refractivity contribution in [3.05, 3.63) is 29.3 Å². The predicted molar refractivity (Wildman–Crippen MR) is 77.9 cm³/mol. The van der Waals surface area contributed by atoms with Gasteiger partial charge in [-0.25, -0.2) is 0 Å². The Labute approximate surface area is 120 Å². The number of methoxy groups -OCH3 is 2. The van der Waals surface area contributed by atoms with E-state index in [0.717, 1.165) is 31.6 Å². The van der Waals surface area contributed by atoms with Crippen molar-refractivity contribution in [3.8, 4) is 5.75 Å². The molecule has 1 aliphatic rings. The SMILES string of the molecule is CCCNC1(CC(=O)OC)CCc2ccc(OC)cc21. The molecule has 0 spiro atoms. The van der Waals surface area contributed by atoms with Crippen LogP contribution in [-0.4, -0.2) is 26.7 Å². The van der Waals surface area contributed by atoms with E-state index in [4.69, 9.17) is 9.47 Å². The van der Waals surface area contributed by atoms with Gasteiger partial charge in [0.05, 0.1) is 26.2 Å². The zero-order valence-corrected chi connectivity index (χ0v) is 12.5. The van der Waals surface area contributed by atoms with Gasteiger partial charge in [-0.1, -0.05) is 13.0 Å². The first-order chi connectivity index (χ1) is 9.65. The first-order valence-electron chi connectivity index (χ1n) is 7.14. The number of fused-ring (bicyclic) bond motifs is 1. The van der Waals surface area contributed by atoms with E-state index in [0.29, 0.717) is 6.42 Å². The zero-order valence-electron chi connectivity index (χ0n) is 12.5. The summed E-state index contributed by atoms with van der Waals surface area (Å²) in [5.41, 5.74) is 2.15. The molecule has 20 heavy (non-hydrogen) atoms. The fourth-order valence-corrected chi connectivity index (χ4v) is 2.94. The summed E-state index contributed by atoms with van der Waals surface area (Å²) < 4.78 is 10.2. The van der Waals surface area contributed by atoms with E-state index in [9.17, 15) is 4.79 Å². The fourth-order valence-electron chi connectivity index (χ4n) is 2.94. The van der Waals surface area contributed by atoms with Gasteiger partial charge in [0.15, 0.2) is 0 Å². The molecule has 4 nitrogen and oxygen atoms in total. The Morgan fingerprint density at radius 2 is 2.20 bits per heavy atom. The largest absolute Gasteiger partial charge is 0.497 e. The summed E-state index contributed by atoms with van der Waals surface area (Å²) in [6.45, 7) is 3.01. The molecule has 1 N–H and O–H groups in total. The molecule has 0 bridgehead atoms. The van der Waals surface area contributed by atoms with Crippen LogP contribution in [0.15, 0.2) is 18.2 Å². The minimum absolute atomic E-state index is 0.177. The van der Waals surface area contributed by atoms with Gasteiger partial charge < -0.3 is 14.8 Å². The van der Waals surface area contributed by atoms with Crippen molar-refractivity contribution in [1.29, 1.82) is 0 Å². The number of aryl methyl sites for hydroxylation is 1. The molecule has 0 fully saturated rings. The van der Waals surface area contributed by atoms with Gasteiger partial charge in [-0.3, -0.25) is 4.79 Å². The van der Waals surface area contributed by atoms with E-state index in [1.165, 1.54) is 18.2 Å². The monoisotopic (exact) mass is 277 g/mol. The van der Waals surface area contributed by atoms with Gasteiger partial charge >= 0.3 is 5.97 Å². The number of nitrogens with one attached hydrogen (secondary N) is 1. The number of hydrogen-bond acceptors (Lipinski definition) is 4. The van der Waals surface area contributed by atoms with Crippen LogP contribution in [0.5, 0.6) is 5.75 Å². The number of rotatable bonds is 6. The van der Waals surface area contributed by atoms with Crippen LogP contribution in [0, 0.1) is 0 Å². The summed E-state index contributed by atoms with van der Waals surface area (Å²) in [6.07, 6.45) is 3.30. The first kappa shape index (κ1) is 14.9. The van der Waals surface area contributed by atoms with Crippen LogP contribution >= 0.6 is 0 Å². The fraction of sp³-hybridized carbons (Fsp3) is 0.562. The highest BCUT2D eigenvalue weighted by Crippen LogP contribution is 2.41. The van der Waals surface area contributed by atoms with Gasteiger partial charge in [-0.2, -0.15) is 0 Å². The molecule has 0 radical (unpaired) electrons. The summed E-state index contributed by atoms with van der Waals surface area (Å²) in [7, 11) is 3.11. The molecule has 4 heteroatoms. The zero-order chi connectivity index (χ0) is 14.6. The van der Waals surface area contributed by atoms with Crippen LogP contribution in [0.1, 0.15) is 37.3 Å². The maximum absolute atomic E-state index is 11.8. The average molecular weight is 277 g/mol. The van der Waals surface area contributed by atoms with E-state index < -0.39 is 0 Å². The Bertz CT molecular complexity index is 487. The van der Waals surface area contributed by atoms with Gasteiger partial charge in [0.25, 0.3) is 0 Å². The molecule has 2 rings (SSSR count). The van der Waals surface area contributed by atoms with Gasteiger partial charge in [0, 0.05) is 0 Å². The van der Waals surface area contributed by atoms with Crippen LogP contribution in [0.4, 0.5) is 0 Å². The smallest absolute Gasteiger partial charge is 0.307 e. The summed E-state index contributed by atoms with van der Waals surface area (Å²) in [6, 6.07) is 6.13. The molecule has 0 aliphatic heterocycles. The van der Waals surface area contributed by atoms with E-state index in [-0.39, 0.29) is 11.5 Å². The minimum Gasteiger partial charge on any atom is -0.497 e. The second kappa shape index (κ2) is 6.27. The molecule has 1 aliphatic carbocycles. The summed E-state index contributed by atoms with van der Waals surface area (Å²) in [5.74, 6) is 0.655. The standard InChI is InChI=1S/C16H23NO3/c1-4-9-17-16(11-15(18)20-3)8-7-12-5-6-13(19-2)10-14(12)16/h5-6,10,17H,4,7-9,11H2,1-3H3. The maximum Gasteiger partial charge on any atom is 0.307 e. The van der Waals surface area contributed by atoms with Crippen LogP contribution < -0.4 is 10.1 Å². The number of hydrogen-bond donors (Lipinski definition) is 1. The Kier molecular flexibility index (Phi) is 4.65. The highest BCUT2D eigenvalue weighted by Gasteiger charge is 2.40. The Morgan fingerprint density at radius 1 is 1.40 bits per heavy atom. The van der Waals surface area contributed by atoms with Crippen molar-refractivity contribution >= 4 is 5.97 Å². The Morgan fingerprint density at radius 3 is 2.85 bits per heavy atom. The van der Waals surface area contributed by atoms with E-state index in [1.807, 2.05) is 12.1 Å². The molecule has 1 atom stereocenters. The lowest BCUT2D eigenvalue weighted by atomic mass is 9.87. The summed E-state index contributed by atoms with van der Waals surface area (Å²) >= 11 is 0. The third kappa shape index (κ3) is 2.80. The van der Waals surface area contributed by atoms with E-state index in [1.54, 1.807) is 7.11 Å². The van der Waals surface area contributed by atoms with Gasteiger partial charge in [-0.05, 0) is 49.1 Å². The maximum atomic E-state index is 11.8. The van der Waals surface area contributed by atoms with Crippen molar-refractivity contribution < 1.29 is 14.3 Å².